The third-order valence-electron chi connectivity index (χ3n) is 7.08. The first kappa shape index (κ1) is 23.0. The van der Waals surface area contributed by atoms with Gasteiger partial charge in [-0.05, 0) is 42.3 Å². The van der Waals surface area contributed by atoms with Crippen LogP contribution in [0.1, 0.15) is 40.7 Å². The van der Waals surface area contributed by atoms with Gasteiger partial charge in [0.1, 0.15) is 5.75 Å². The van der Waals surface area contributed by atoms with Crippen LogP contribution in [0.3, 0.4) is 0 Å². The number of Topliss-reactive ketones (excluding diaryl/α,β-unsaturated/α-hetero) is 1. The van der Waals surface area contributed by atoms with Gasteiger partial charge in [-0.2, -0.15) is 0 Å². The van der Waals surface area contributed by atoms with E-state index in [1.807, 2.05) is 43.3 Å². The molecule has 5 rings (SSSR count). The van der Waals surface area contributed by atoms with E-state index in [9.17, 15) is 14.4 Å². The number of amides is 1. The Morgan fingerprint density at radius 1 is 0.971 bits per heavy atom. The van der Waals surface area contributed by atoms with Crippen molar-refractivity contribution < 1.29 is 19.1 Å². The number of halogens is 2. The minimum Gasteiger partial charge on any atom is -0.425 e. The number of nitrogens with one attached hydrogen (secondary N) is 1. The Morgan fingerprint density at radius 2 is 1.65 bits per heavy atom. The van der Waals surface area contributed by atoms with Crippen LogP contribution in [0.2, 0.25) is 0 Å². The molecule has 2 aliphatic rings. The van der Waals surface area contributed by atoms with Gasteiger partial charge < -0.3 is 10.1 Å². The zero-order valence-electron chi connectivity index (χ0n) is 18.3. The van der Waals surface area contributed by atoms with Crippen LogP contribution in [0.15, 0.2) is 81.7 Å². The Kier molecular flexibility index (Phi) is 5.73. The fourth-order valence-corrected chi connectivity index (χ4v) is 6.15. The highest BCUT2D eigenvalue weighted by Crippen LogP contribution is 2.80. The molecule has 1 heterocycles. The van der Waals surface area contributed by atoms with Crippen molar-refractivity contribution in [1.82, 2.24) is 5.32 Å². The van der Waals surface area contributed by atoms with Gasteiger partial charge in [-0.15, -0.1) is 0 Å². The number of carbonyl (C=O) groups is 3. The summed E-state index contributed by atoms with van der Waals surface area (Å²) in [5.41, 5.74) is -0.826. The summed E-state index contributed by atoms with van der Waals surface area (Å²) < 4.78 is 7.33. The van der Waals surface area contributed by atoms with Gasteiger partial charge >= 0.3 is 5.97 Å². The average Bonchev–Trinajstić information content (AvgIpc) is 3.50. The van der Waals surface area contributed by atoms with Gasteiger partial charge in [-0.25, -0.2) is 0 Å². The minimum atomic E-state index is -1.63. The first-order chi connectivity index (χ1) is 16.4. The molecule has 34 heavy (non-hydrogen) atoms. The number of fused-ring (bicyclic) bond motifs is 3. The maximum atomic E-state index is 14.0. The number of hydrogen-bond donors (Lipinski definition) is 1. The maximum absolute atomic E-state index is 14.0. The molecule has 1 fully saturated rings. The summed E-state index contributed by atoms with van der Waals surface area (Å²) in [6.07, 6.45) is 0.312. The molecular weight excluding hydrogens is 562 g/mol. The highest BCUT2D eigenvalue weighted by molar-refractivity contribution is 9.10. The summed E-state index contributed by atoms with van der Waals surface area (Å²) >= 11 is 6.89. The van der Waals surface area contributed by atoms with Crippen LogP contribution in [-0.4, -0.2) is 17.7 Å². The zero-order valence-corrected chi connectivity index (χ0v) is 21.5. The number of esters is 1. The van der Waals surface area contributed by atoms with Crippen molar-refractivity contribution in [2.24, 2.45) is 10.8 Å². The van der Waals surface area contributed by atoms with Gasteiger partial charge in [0.2, 0.25) is 5.91 Å². The Bertz CT molecular complexity index is 1310. The molecule has 172 valence electrons. The number of ketones is 1. The first-order valence-corrected chi connectivity index (χ1v) is 12.6. The molecule has 0 bridgehead atoms. The summed E-state index contributed by atoms with van der Waals surface area (Å²) in [6.45, 7) is 2.10. The van der Waals surface area contributed by atoms with E-state index in [1.165, 1.54) is 0 Å². The van der Waals surface area contributed by atoms with Crippen molar-refractivity contribution in [2.45, 2.75) is 25.8 Å². The quantitative estimate of drug-likeness (QED) is 0.172. The fraction of sp³-hybridized carbons (Fsp3) is 0.222. The van der Waals surface area contributed by atoms with Gasteiger partial charge in [-0.3, -0.25) is 14.4 Å². The standard InChI is InChI=1S/C27H21Br2NO4/c1-2-26(23(31)17-8-10-18(28)11-9-17)22-20-14-19(29)12-13-21(20)34-25(33)27(22,26)24(32)30-15-16-6-4-3-5-7-16/h3-14,22H,2,15H2,1H3,(H,30,32)/t22-,26+,27-/m0/s1. The number of rotatable bonds is 6. The molecule has 3 aromatic carbocycles. The third kappa shape index (κ3) is 3.21. The highest BCUT2D eigenvalue weighted by Gasteiger charge is 2.89. The third-order valence-corrected chi connectivity index (χ3v) is 8.10. The SMILES string of the molecule is CC[C@]1(C(=O)c2ccc(Br)cc2)[C@@H]2c3cc(Br)ccc3OC(=O)[C@@]21C(=O)NCc1ccccc1. The maximum Gasteiger partial charge on any atom is 0.328 e. The molecule has 0 unspecified atom stereocenters. The van der Waals surface area contributed by atoms with Crippen LogP contribution < -0.4 is 10.1 Å². The van der Waals surface area contributed by atoms with E-state index in [4.69, 9.17) is 4.74 Å². The number of benzene rings is 3. The summed E-state index contributed by atoms with van der Waals surface area (Å²) in [4.78, 5) is 41.4. The van der Waals surface area contributed by atoms with Crippen molar-refractivity contribution in [1.29, 1.82) is 0 Å². The van der Waals surface area contributed by atoms with E-state index in [-0.39, 0.29) is 12.3 Å². The molecule has 0 radical (unpaired) electrons. The lowest BCUT2D eigenvalue weighted by atomic mass is 9.82. The fourth-order valence-electron chi connectivity index (χ4n) is 5.51. The molecule has 1 aliphatic heterocycles. The molecule has 0 saturated heterocycles. The lowest BCUT2D eigenvalue weighted by Crippen LogP contribution is -2.45. The summed E-state index contributed by atoms with van der Waals surface area (Å²) in [5, 5.41) is 2.92. The van der Waals surface area contributed by atoms with E-state index in [1.54, 1.807) is 36.4 Å². The predicted molar refractivity (Wildman–Crippen MR) is 134 cm³/mol. The zero-order chi connectivity index (χ0) is 24.1. The van der Waals surface area contributed by atoms with E-state index in [0.717, 1.165) is 14.5 Å². The second-order valence-corrected chi connectivity index (χ2v) is 10.5. The molecule has 3 atom stereocenters. The largest absolute Gasteiger partial charge is 0.425 e. The lowest BCUT2D eigenvalue weighted by Gasteiger charge is -2.24. The Hall–Kier alpha value is -2.77. The molecule has 0 spiro atoms. The van der Waals surface area contributed by atoms with Gasteiger partial charge in [0.25, 0.3) is 0 Å². The van der Waals surface area contributed by atoms with Crippen molar-refractivity contribution in [2.75, 3.05) is 0 Å². The van der Waals surface area contributed by atoms with Gasteiger partial charge in [0, 0.05) is 32.5 Å². The molecule has 3 aromatic rings. The lowest BCUT2D eigenvalue weighted by molar-refractivity contribution is -0.149. The van der Waals surface area contributed by atoms with E-state index < -0.39 is 28.6 Å². The van der Waals surface area contributed by atoms with Crippen LogP contribution in [-0.2, 0) is 16.1 Å². The second kappa shape index (κ2) is 8.47. The molecule has 1 N–H and O–H groups in total. The van der Waals surface area contributed by atoms with Crippen LogP contribution in [0.5, 0.6) is 5.75 Å². The summed E-state index contributed by atoms with van der Waals surface area (Å²) in [7, 11) is 0. The number of carbonyl (C=O) groups excluding carboxylic acids is 3. The van der Waals surface area contributed by atoms with Crippen molar-refractivity contribution >= 4 is 49.5 Å². The molecule has 7 heteroatoms. The first-order valence-electron chi connectivity index (χ1n) is 11.0. The van der Waals surface area contributed by atoms with E-state index in [0.29, 0.717) is 23.3 Å². The van der Waals surface area contributed by atoms with E-state index >= 15 is 0 Å². The van der Waals surface area contributed by atoms with Gasteiger partial charge in [-0.1, -0.05) is 81.2 Å². The number of hydrogen-bond acceptors (Lipinski definition) is 4. The van der Waals surface area contributed by atoms with Crippen LogP contribution >= 0.6 is 31.9 Å². The molecule has 1 amide bonds. The monoisotopic (exact) mass is 581 g/mol. The van der Waals surface area contributed by atoms with Crippen LogP contribution in [0.4, 0.5) is 0 Å². The summed E-state index contributed by atoms with van der Waals surface area (Å²) in [5.74, 6) is -1.61. The normalized spacial score (nSPS) is 24.4. The predicted octanol–water partition coefficient (Wildman–Crippen LogP) is 5.81. The van der Waals surface area contributed by atoms with Crippen molar-refractivity contribution in [3.8, 4) is 5.75 Å². The topological polar surface area (TPSA) is 72.5 Å². The van der Waals surface area contributed by atoms with Gasteiger partial charge in [0.15, 0.2) is 11.2 Å². The van der Waals surface area contributed by atoms with Crippen LogP contribution in [0.25, 0.3) is 0 Å². The van der Waals surface area contributed by atoms with Crippen molar-refractivity contribution in [3.05, 3.63) is 98.4 Å². The molecule has 1 aliphatic carbocycles. The second-order valence-electron chi connectivity index (χ2n) is 8.64. The van der Waals surface area contributed by atoms with E-state index in [2.05, 4.69) is 37.2 Å². The molecule has 1 saturated carbocycles. The molecule has 0 aromatic heterocycles. The Morgan fingerprint density at radius 3 is 2.32 bits per heavy atom. The Balaban J connectivity index is 1.62. The Labute approximate surface area is 214 Å². The van der Waals surface area contributed by atoms with Crippen LogP contribution in [0, 0.1) is 10.8 Å². The summed E-state index contributed by atoms with van der Waals surface area (Å²) in [6, 6.07) is 21.8. The average molecular weight is 583 g/mol. The minimum absolute atomic E-state index is 0.230. The smallest absolute Gasteiger partial charge is 0.328 e. The molecule has 5 nitrogen and oxygen atoms in total. The van der Waals surface area contributed by atoms with Crippen molar-refractivity contribution in [3.63, 3.8) is 0 Å². The number of ether oxygens (including phenoxy) is 1. The highest BCUT2D eigenvalue weighted by atomic mass is 79.9. The van der Waals surface area contributed by atoms with Gasteiger partial charge in [0.05, 0.1) is 5.41 Å². The molecular formula is C27H21Br2NO4.